The molecule has 0 aliphatic heterocycles. The predicted octanol–water partition coefficient (Wildman–Crippen LogP) is 3.98. The smallest absolute Gasteiger partial charge is 0.372 e. The Bertz CT molecular complexity index is 743. The number of rotatable bonds is 2. The van der Waals surface area contributed by atoms with Gasteiger partial charge < -0.3 is 5.11 Å². The van der Waals surface area contributed by atoms with Crippen LogP contribution in [0.4, 0.5) is 4.39 Å². The molecule has 0 bridgehead atoms. The van der Waals surface area contributed by atoms with E-state index in [2.05, 4.69) is 13.8 Å². The Balaban J connectivity index is 1.71. The van der Waals surface area contributed by atoms with Crippen molar-refractivity contribution in [3.63, 3.8) is 0 Å². The summed E-state index contributed by atoms with van der Waals surface area (Å²) in [6, 6.07) is 0. The van der Waals surface area contributed by atoms with Crippen molar-refractivity contribution in [3.05, 3.63) is 11.6 Å². The molecular weight excluding hydrogens is 347 g/mol. The van der Waals surface area contributed by atoms with E-state index in [0.717, 1.165) is 19.3 Å². The summed E-state index contributed by atoms with van der Waals surface area (Å²) in [6.45, 7) is 6.16. The molecule has 0 aromatic rings. The monoisotopic (exact) mass is 376 g/mol. The number of alkyl halides is 1. The fourth-order valence-electron chi connectivity index (χ4n) is 7.61. The third-order valence-corrected chi connectivity index (χ3v) is 8.77. The minimum Gasteiger partial charge on any atom is -0.475 e. The second-order valence-electron chi connectivity index (χ2n) is 9.97. The number of carbonyl (C=O) groups excluding carboxylic acids is 2. The molecule has 0 heterocycles. The van der Waals surface area contributed by atoms with E-state index >= 15 is 4.39 Å². The molecule has 8 atom stereocenters. The lowest BCUT2D eigenvalue weighted by atomic mass is 9.46. The molecule has 5 heteroatoms. The molecule has 148 valence electrons. The van der Waals surface area contributed by atoms with Crippen molar-refractivity contribution in [1.82, 2.24) is 0 Å². The van der Waals surface area contributed by atoms with Gasteiger partial charge in [-0.15, -0.1) is 0 Å². The quantitative estimate of drug-likeness (QED) is 0.740. The highest BCUT2D eigenvalue weighted by molar-refractivity contribution is 6.33. The number of hydrogen-bond acceptors (Lipinski definition) is 3. The molecule has 27 heavy (non-hydrogen) atoms. The zero-order valence-electron chi connectivity index (χ0n) is 16.3. The number of ketones is 2. The summed E-state index contributed by atoms with van der Waals surface area (Å²) in [5.41, 5.74) is 0.0425. The number of carbonyl (C=O) groups is 3. The number of fused-ring (bicyclic) bond motifs is 5. The summed E-state index contributed by atoms with van der Waals surface area (Å²) in [5, 5.41) is 9.31. The highest BCUT2D eigenvalue weighted by Gasteiger charge is 2.63. The number of aliphatic carboxylic acids is 1. The standard InChI is InChI=1S/C22H29FO4/c1-11-8-15-13-10-17(23)16-9-12(24)4-6-21(16,2)14(13)5-7-22(15,3)18(11)19(25)20(26)27/h9,11,13-15,17-18H,4-8,10H2,1-3H3,(H,26,27)/t11-,13-,14+,15+,17+,18-,21-,22+/m1/s1. The van der Waals surface area contributed by atoms with Crippen LogP contribution in [0.2, 0.25) is 0 Å². The molecule has 0 aromatic carbocycles. The first-order valence-electron chi connectivity index (χ1n) is 10.3. The maximum Gasteiger partial charge on any atom is 0.372 e. The molecule has 1 N–H and O–H groups in total. The molecule has 4 aliphatic rings. The summed E-state index contributed by atoms with van der Waals surface area (Å²) in [4.78, 5) is 35.7. The number of allylic oxidation sites excluding steroid dienone is 1. The molecule has 0 radical (unpaired) electrons. The Morgan fingerprint density at radius 2 is 1.89 bits per heavy atom. The Labute approximate surface area is 159 Å². The maximum atomic E-state index is 15.2. The van der Waals surface area contributed by atoms with Crippen molar-refractivity contribution in [1.29, 1.82) is 0 Å². The molecule has 0 spiro atoms. The fourth-order valence-corrected chi connectivity index (χ4v) is 7.61. The molecule has 0 amide bonds. The first kappa shape index (κ1) is 18.8. The Kier molecular flexibility index (Phi) is 4.17. The first-order valence-corrected chi connectivity index (χ1v) is 10.3. The molecule has 4 rings (SSSR count). The zero-order chi connectivity index (χ0) is 19.7. The number of hydrogen-bond donors (Lipinski definition) is 1. The number of carboxylic acid groups (broad SMARTS) is 1. The number of carboxylic acids is 1. The lowest BCUT2D eigenvalue weighted by Crippen LogP contribution is -2.54. The molecule has 0 aromatic heterocycles. The van der Waals surface area contributed by atoms with Gasteiger partial charge in [-0.25, -0.2) is 9.18 Å². The van der Waals surface area contributed by atoms with E-state index < -0.39 is 23.8 Å². The number of Topliss-reactive ketones (excluding diaryl/α,β-unsaturated/α-hetero) is 1. The highest BCUT2D eigenvalue weighted by atomic mass is 19.1. The van der Waals surface area contributed by atoms with Crippen LogP contribution < -0.4 is 0 Å². The number of halogens is 1. The Morgan fingerprint density at radius 3 is 2.56 bits per heavy atom. The van der Waals surface area contributed by atoms with E-state index in [1.807, 2.05) is 6.92 Å². The van der Waals surface area contributed by atoms with Crippen LogP contribution in [0.3, 0.4) is 0 Å². The second kappa shape index (κ2) is 5.99. The summed E-state index contributed by atoms with van der Waals surface area (Å²) in [6.07, 6.45) is 4.52. The van der Waals surface area contributed by atoms with Crippen LogP contribution in [0.1, 0.15) is 59.3 Å². The van der Waals surface area contributed by atoms with Gasteiger partial charge in [-0.3, -0.25) is 9.59 Å². The molecule has 0 unspecified atom stereocenters. The van der Waals surface area contributed by atoms with Crippen LogP contribution in [0.25, 0.3) is 0 Å². The highest BCUT2D eigenvalue weighted by Crippen LogP contribution is 2.68. The van der Waals surface area contributed by atoms with Crippen LogP contribution >= 0.6 is 0 Å². The zero-order valence-corrected chi connectivity index (χ0v) is 16.3. The van der Waals surface area contributed by atoms with Crippen LogP contribution in [0.5, 0.6) is 0 Å². The van der Waals surface area contributed by atoms with Gasteiger partial charge >= 0.3 is 5.97 Å². The van der Waals surface area contributed by atoms with Crippen molar-refractivity contribution in [2.75, 3.05) is 0 Å². The van der Waals surface area contributed by atoms with E-state index in [9.17, 15) is 19.5 Å². The molecule has 4 aliphatic carbocycles. The topological polar surface area (TPSA) is 71.4 Å². The minimum absolute atomic E-state index is 0.0121. The largest absolute Gasteiger partial charge is 0.475 e. The fraction of sp³-hybridized carbons (Fsp3) is 0.773. The summed E-state index contributed by atoms with van der Waals surface area (Å²) in [5.74, 6) is -1.80. The maximum absolute atomic E-state index is 15.2. The molecule has 3 fully saturated rings. The summed E-state index contributed by atoms with van der Waals surface area (Å²) < 4.78 is 15.2. The summed E-state index contributed by atoms with van der Waals surface area (Å²) in [7, 11) is 0. The third kappa shape index (κ3) is 2.49. The Hall–Kier alpha value is -1.52. The summed E-state index contributed by atoms with van der Waals surface area (Å²) >= 11 is 0. The minimum atomic E-state index is -1.34. The van der Waals surface area contributed by atoms with Crippen LogP contribution in [0.15, 0.2) is 11.6 Å². The lowest BCUT2D eigenvalue weighted by Gasteiger charge is -2.58. The average Bonchev–Trinajstić information content (AvgIpc) is 2.86. The van der Waals surface area contributed by atoms with E-state index in [1.54, 1.807) is 6.08 Å². The van der Waals surface area contributed by atoms with E-state index in [1.165, 1.54) is 0 Å². The van der Waals surface area contributed by atoms with Crippen LogP contribution in [-0.2, 0) is 14.4 Å². The van der Waals surface area contributed by atoms with Crippen LogP contribution in [-0.4, -0.2) is 28.8 Å². The van der Waals surface area contributed by atoms with Gasteiger partial charge in [0, 0.05) is 12.3 Å². The second-order valence-corrected chi connectivity index (χ2v) is 9.97. The van der Waals surface area contributed by atoms with Gasteiger partial charge in [0.05, 0.1) is 0 Å². The molecule has 4 nitrogen and oxygen atoms in total. The van der Waals surface area contributed by atoms with Gasteiger partial charge in [0.1, 0.15) is 6.17 Å². The van der Waals surface area contributed by atoms with Crippen LogP contribution in [0, 0.1) is 40.4 Å². The van der Waals surface area contributed by atoms with Gasteiger partial charge in [0.15, 0.2) is 5.78 Å². The predicted molar refractivity (Wildman–Crippen MR) is 97.7 cm³/mol. The third-order valence-electron chi connectivity index (χ3n) is 8.77. The molecule has 0 saturated heterocycles. The van der Waals surface area contributed by atoms with Gasteiger partial charge in [-0.05, 0) is 78.3 Å². The van der Waals surface area contributed by atoms with Gasteiger partial charge in [0.25, 0.3) is 0 Å². The van der Waals surface area contributed by atoms with E-state index in [0.29, 0.717) is 30.8 Å². The first-order chi connectivity index (χ1) is 12.6. The van der Waals surface area contributed by atoms with E-state index in [4.69, 9.17) is 0 Å². The lowest BCUT2D eigenvalue weighted by molar-refractivity contribution is -0.155. The average molecular weight is 376 g/mol. The van der Waals surface area contributed by atoms with Crippen molar-refractivity contribution >= 4 is 17.5 Å². The van der Waals surface area contributed by atoms with Crippen molar-refractivity contribution in [3.8, 4) is 0 Å². The molecule has 3 saturated carbocycles. The van der Waals surface area contributed by atoms with Crippen molar-refractivity contribution in [2.45, 2.75) is 65.5 Å². The van der Waals surface area contributed by atoms with Gasteiger partial charge in [-0.1, -0.05) is 20.8 Å². The Morgan fingerprint density at radius 1 is 1.19 bits per heavy atom. The van der Waals surface area contributed by atoms with Gasteiger partial charge in [-0.2, -0.15) is 0 Å². The SMILES string of the molecule is C[C@@H]1C[C@H]2[C@@H]3C[C@H](F)C4=CC(=O)CC[C@]4(C)[C@H]3CC[C@]2(C)[C@H]1C(=O)C(=O)O. The van der Waals surface area contributed by atoms with Crippen molar-refractivity contribution < 1.29 is 23.9 Å². The van der Waals surface area contributed by atoms with Crippen molar-refractivity contribution in [2.24, 2.45) is 40.4 Å². The molecular formula is C22H29FO4. The van der Waals surface area contributed by atoms with E-state index in [-0.39, 0.29) is 34.4 Å². The van der Waals surface area contributed by atoms with Gasteiger partial charge in [0.2, 0.25) is 5.78 Å². The normalized spacial score (nSPS) is 48.9.